The van der Waals surface area contributed by atoms with Crippen LogP contribution in [0.25, 0.3) is 44.1 Å². The highest BCUT2D eigenvalue weighted by Gasteiger charge is 2.21. The molecule has 6 aromatic rings. The number of para-hydroxylation sites is 1. The quantitative estimate of drug-likeness (QED) is 0.303. The van der Waals surface area contributed by atoms with Crippen LogP contribution in [0.4, 0.5) is 0 Å². The third kappa shape index (κ3) is 2.96. The van der Waals surface area contributed by atoms with E-state index in [-0.39, 0.29) is 5.91 Å². The normalized spacial score (nSPS) is 11.4. The van der Waals surface area contributed by atoms with Crippen molar-refractivity contribution in [3.05, 3.63) is 108 Å². The van der Waals surface area contributed by atoms with Crippen molar-refractivity contribution in [2.45, 2.75) is 0 Å². The van der Waals surface area contributed by atoms with Gasteiger partial charge < -0.3 is 0 Å². The first-order chi connectivity index (χ1) is 15.7. The van der Waals surface area contributed by atoms with Gasteiger partial charge in [-0.25, -0.2) is 4.98 Å². The van der Waals surface area contributed by atoms with Crippen LogP contribution in [-0.2, 0) is 0 Å². The number of fused-ring (bicyclic) bond motifs is 3. The maximum atomic E-state index is 13.8. The SMILES string of the molecule is O=C(c1cnc2ccccc2c1)n1c(-c2cccc3ccccc23)nc2ccc(Cl)cc21. The summed E-state index contributed by atoms with van der Waals surface area (Å²) >= 11 is 6.31. The number of hydrogen-bond acceptors (Lipinski definition) is 3. The molecule has 6 rings (SSSR count). The van der Waals surface area contributed by atoms with E-state index in [1.165, 1.54) is 0 Å². The molecule has 0 spiro atoms. The lowest BCUT2D eigenvalue weighted by Crippen LogP contribution is -2.14. The Kier molecular flexibility index (Phi) is 4.27. The van der Waals surface area contributed by atoms with E-state index in [0.717, 1.165) is 27.2 Å². The van der Waals surface area contributed by atoms with Crippen molar-refractivity contribution in [2.24, 2.45) is 0 Å². The molecule has 0 atom stereocenters. The Labute approximate surface area is 188 Å². The van der Waals surface area contributed by atoms with Crippen LogP contribution >= 0.6 is 11.6 Å². The fourth-order valence-electron chi connectivity index (χ4n) is 4.17. The van der Waals surface area contributed by atoms with Crippen LogP contribution in [0.3, 0.4) is 0 Å². The van der Waals surface area contributed by atoms with Crippen molar-refractivity contribution in [2.75, 3.05) is 0 Å². The maximum absolute atomic E-state index is 13.8. The molecule has 2 heterocycles. The molecule has 0 fully saturated rings. The van der Waals surface area contributed by atoms with Gasteiger partial charge in [0.2, 0.25) is 0 Å². The molecule has 0 radical (unpaired) electrons. The van der Waals surface area contributed by atoms with Gasteiger partial charge in [0, 0.05) is 22.2 Å². The van der Waals surface area contributed by atoms with E-state index in [2.05, 4.69) is 17.1 Å². The minimum absolute atomic E-state index is 0.198. The zero-order valence-electron chi connectivity index (χ0n) is 16.9. The summed E-state index contributed by atoms with van der Waals surface area (Å²) in [6, 6.07) is 29.1. The molecule has 0 amide bonds. The summed E-state index contributed by atoms with van der Waals surface area (Å²) in [5.74, 6) is 0.383. The Morgan fingerprint density at radius 2 is 1.56 bits per heavy atom. The second-order valence-corrected chi connectivity index (χ2v) is 8.09. The van der Waals surface area contributed by atoms with Gasteiger partial charge in [0.1, 0.15) is 5.82 Å². The van der Waals surface area contributed by atoms with Gasteiger partial charge in [-0.05, 0) is 41.1 Å². The number of halogens is 1. The van der Waals surface area contributed by atoms with Gasteiger partial charge in [0.05, 0.1) is 22.1 Å². The predicted octanol–water partition coefficient (Wildman–Crippen LogP) is 6.75. The van der Waals surface area contributed by atoms with Gasteiger partial charge in [-0.2, -0.15) is 0 Å². The van der Waals surface area contributed by atoms with E-state index in [4.69, 9.17) is 16.6 Å². The van der Waals surface area contributed by atoms with E-state index in [1.54, 1.807) is 22.9 Å². The second kappa shape index (κ2) is 7.29. The van der Waals surface area contributed by atoms with Crippen molar-refractivity contribution in [3.63, 3.8) is 0 Å². The monoisotopic (exact) mass is 433 g/mol. The first-order valence-corrected chi connectivity index (χ1v) is 10.6. The minimum atomic E-state index is -0.198. The zero-order chi connectivity index (χ0) is 21.7. The molecular weight excluding hydrogens is 418 g/mol. The molecule has 0 saturated heterocycles. The number of rotatable bonds is 2. The average molecular weight is 434 g/mol. The maximum Gasteiger partial charge on any atom is 0.265 e. The standard InChI is InChI=1S/C27H16ClN3O/c28-20-12-13-24-25(15-20)31(27(32)19-14-18-7-2-4-11-23(18)29-16-19)26(30-24)22-10-5-8-17-6-1-3-9-21(17)22/h1-16H. The summed E-state index contributed by atoms with van der Waals surface area (Å²) in [6.45, 7) is 0. The summed E-state index contributed by atoms with van der Waals surface area (Å²) in [6.07, 6.45) is 1.62. The number of carbonyl (C=O) groups excluding carboxylic acids is 1. The largest absolute Gasteiger partial charge is 0.268 e. The number of pyridine rings is 1. The molecule has 4 nitrogen and oxygen atoms in total. The fourth-order valence-corrected chi connectivity index (χ4v) is 4.34. The van der Waals surface area contributed by atoms with E-state index >= 15 is 0 Å². The number of carbonyl (C=O) groups is 1. The molecule has 0 aliphatic rings. The summed E-state index contributed by atoms with van der Waals surface area (Å²) in [5, 5.41) is 3.57. The Bertz CT molecular complexity index is 1660. The van der Waals surface area contributed by atoms with E-state index in [0.29, 0.717) is 27.4 Å². The van der Waals surface area contributed by atoms with Crippen LogP contribution in [0.5, 0.6) is 0 Å². The number of imidazole rings is 1. The molecule has 4 aromatic carbocycles. The Morgan fingerprint density at radius 3 is 2.47 bits per heavy atom. The molecule has 32 heavy (non-hydrogen) atoms. The molecule has 0 unspecified atom stereocenters. The average Bonchev–Trinajstić information content (AvgIpc) is 3.21. The lowest BCUT2D eigenvalue weighted by molar-refractivity contribution is 0.0966. The Morgan fingerprint density at radius 1 is 0.781 bits per heavy atom. The number of benzene rings is 4. The summed E-state index contributed by atoms with van der Waals surface area (Å²) < 4.78 is 1.65. The molecule has 0 N–H and O–H groups in total. The summed E-state index contributed by atoms with van der Waals surface area (Å²) in [4.78, 5) is 23.2. The van der Waals surface area contributed by atoms with Gasteiger partial charge in [-0.3, -0.25) is 14.3 Å². The van der Waals surface area contributed by atoms with Crippen molar-refractivity contribution in [1.29, 1.82) is 0 Å². The molecule has 152 valence electrons. The van der Waals surface area contributed by atoms with Crippen LogP contribution in [0.15, 0.2) is 97.2 Å². The molecular formula is C27H16ClN3O. The Hall–Kier alpha value is -4.02. The van der Waals surface area contributed by atoms with Gasteiger partial charge >= 0.3 is 0 Å². The first-order valence-electron chi connectivity index (χ1n) is 10.2. The third-order valence-corrected chi connectivity index (χ3v) is 5.92. The minimum Gasteiger partial charge on any atom is -0.268 e. The van der Waals surface area contributed by atoms with E-state index < -0.39 is 0 Å². The van der Waals surface area contributed by atoms with Gasteiger partial charge in [-0.15, -0.1) is 0 Å². The molecule has 0 saturated carbocycles. The lowest BCUT2D eigenvalue weighted by Gasteiger charge is -2.11. The van der Waals surface area contributed by atoms with Crippen LogP contribution in [-0.4, -0.2) is 20.4 Å². The van der Waals surface area contributed by atoms with Gasteiger partial charge in [0.15, 0.2) is 0 Å². The van der Waals surface area contributed by atoms with Crippen molar-refractivity contribution in [3.8, 4) is 11.4 Å². The van der Waals surface area contributed by atoms with Crippen LogP contribution < -0.4 is 0 Å². The van der Waals surface area contributed by atoms with E-state index in [9.17, 15) is 4.79 Å². The topological polar surface area (TPSA) is 47.8 Å². The number of aromatic nitrogens is 3. The highest BCUT2D eigenvalue weighted by molar-refractivity contribution is 6.31. The van der Waals surface area contributed by atoms with Gasteiger partial charge in [-0.1, -0.05) is 72.3 Å². The van der Waals surface area contributed by atoms with Crippen LogP contribution in [0.2, 0.25) is 5.02 Å². The lowest BCUT2D eigenvalue weighted by atomic mass is 10.0. The highest BCUT2D eigenvalue weighted by atomic mass is 35.5. The molecule has 0 aliphatic carbocycles. The fraction of sp³-hybridized carbons (Fsp3) is 0. The summed E-state index contributed by atoms with van der Waals surface area (Å²) in [5.41, 5.74) is 3.59. The van der Waals surface area contributed by atoms with Crippen LogP contribution in [0.1, 0.15) is 10.4 Å². The van der Waals surface area contributed by atoms with Gasteiger partial charge in [0.25, 0.3) is 5.91 Å². The van der Waals surface area contributed by atoms with Crippen molar-refractivity contribution >= 4 is 50.2 Å². The highest BCUT2D eigenvalue weighted by Crippen LogP contribution is 2.32. The second-order valence-electron chi connectivity index (χ2n) is 7.65. The number of nitrogens with zero attached hydrogens (tertiary/aromatic N) is 3. The predicted molar refractivity (Wildman–Crippen MR) is 129 cm³/mol. The molecule has 0 aliphatic heterocycles. The Balaban J connectivity index is 1.64. The van der Waals surface area contributed by atoms with Crippen molar-refractivity contribution in [1.82, 2.24) is 14.5 Å². The molecule has 5 heteroatoms. The first kappa shape index (κ1) is 18.7. The van der Waals surface area contributed by atoms with Crippen molar-refractivity contribution < 1.29 is 4.79 Å². The van der Waals surface area contributed by atoms with E-state index in [1.807, 2.05) is 66.7 Å². The smallest absolute Gasteiger partial charge is 0.265 e. The third-order valence-electron chi connectivity index (χ3n) is 5.69. The zero-order valence-corrected chi connectivity index (χ0v) is 17.6. The molecule has 0 bridgehead atoms. The number of hydrogen-bond donors (Lipinski definition) is 0. The van der Waals surface area contributed by atoms with Crippen LogP contribution in [0, 0.1) is 0 Å². The summed E-state index contributed by atoms with van der Waals surface area (Å²) in [7, 11) is 0. The molecule has 2 aromatic heterocycles.